The largest absolute Gasteiger partial charge is 0.495 e. The number of carbonyl (C=O) groups excluding carboxylic acids is 1. The van der Waals surface area contributed by atoms with Crippen LogP contribution in [-0.4, -0.2) is 42.7 Å². The Kier molecular flexibility index (Phi) is 6.73. The summed E-state index contributed by atoms with van der Waals surface area (Å²) < 4.78 is 5.31. The van der Waals surface area contributed by atoms with E-state index in [2.05, 4.69) is 59.4 Å². The zero-order valence-corrected chi connectivity index (χ0v) is 21.2. The van der Waals surface area contributed by atoms with Crippen LogP contribution in [0.15, 0.2) is 46.5 Å². The van der Waals surface area contributed by atoms with E-state index >= 15 is 0 Å². The number of aliphatic imine (C=N–C) groups is 1. The summed E-state index contributed by atoms with van der Waals surface area (Å²) in [4.78, 5) is 18.7. The Bertz CT molecular complexity index is 1150. The Morgan fingerprint density at radius 1 is 1.33 bits per heavy atom. The topological polar surface area (TPSA) is 66.3 Å². The van der Waals surface area contributed by atoms with Gasteiger partial charge in [-0.25, -0.2) is 5.43 Å². The molecule has 0 bridgehead atoms. The molecule has 0 saturated heterocycles. The normalized spacial score (nSPS) is 20.1. The standard InChI is InChI=1S/C25H29ClN4O2S/c1-6-21-22(28-29-24(31)33-21)15-7-9-19-17(13-15)25(2,3)11-12-30(19)23(27-4)16-8-10-20(32-5)18(26)14-16/h7-10,13-14,21H,6,11-12H2,1-5H3,(H,29,31)/b27-23-. The molecule has 0 aliphatic carbocycles. The van der Waals surface area contributed by atoms with Gasteiger partial charge in [0.15, 0.2) is 0 Å². The molecule has 33 heavy (non-hydrogen) atoms. The molecule has 2 aliphatic rings. The van der Waals surface area contributed by atoms with Crippen LogP contribution in [0, 0.1) is 0 Å². The Labute approximate surface area is 204 Å². The van der Waals surface area contributed by atoms with Crippen LogP contribution < -0.4 is 15.1 Å². The summed E-state index contributed by atoms with van der Waals surface area (Å²) in [6.07, 6.45) is 1.82. The lowest BCUT2D eigenvalue weighted by molar-refractivity contribution is 0.260. The van der Waals surface area contributed by atoms with Crippen molar-refractivity contribution in [2.75, 3.05) is 25.6 Å². The van der Waals surface area contributed by atoms with Gasteiger partial charge in [-0.3, -0.25) is 9.79 Å². The molecule has 0 saturated carbocycles. The quantitative estimate of drug-likeness (QED) is 0.436. The number of amidine groups is 1. The second-order valence-corrected chi connectivity index (χ2v) is 10.4. The van der Waals surface area contributed by atoms with Crippen molar-refractivity contribution < 1.29 is 9.53 Å². The smallest absolute Gasteiger partial charge is 0.299 e. The van der Waals surface area contributed by atoms with Crippen molar-refractivity contribution in [1.82, 2.24) is 5.43 Å². The van der Waals surface area contributed by atoms with Crippen LogP contribution in [0.1, 0.15) is 50.3 Å². The maximum absolute atomic E-state index is 11.8. The van der Waals surface area contributed by atoms with Crippen LogP contribution in [-0.2, 0) is 5.41 Å². The molecule has 1 unspecified atom stereocenters. The number of nitrogens with one attached hydrogen (secondary N) is 1. The minimum atomic E-state index is -0.1000. The number of halogens is 1. The number of rotatable bonds is 4. The van der Waals surface area contributed by atoms with Crippen LogP contribution in [0.25, 0.3) is 0 Å². The average Bonchev–Trinajstić information content (AvgIpc) is 2.81. The molecule has 6 nitrogen and oxygen atoms in total. The van der Waals surface area contributed by atoms with E-state index in [1.165, 1.54) is 17.3 Å². The van der Waals surface area contributed by atoms with Crippen molar-refractivity contribution in [2.24, 2.45) is 10.1 Å². The summed E-state index contributed by atoms with van der Waals surface area (Å²) >= 11 is 7.72. The van der Waals surface area contributed by atoms with Crippen molar-refractivity contribution in [3.05, 3.63) is 58.1 Å². The first-order valence-electron chi connectivity index (χ1n) is 11.1. The molecule has 2 heterocycles. The monoisotopic (exact) mass is 484 g/mol. The molecule has 8 heteroatoms. The van der Waals surface area contributed by atoms with E-state index in [1.54, 1.807) is 7.11 Å². The van der Waals surface area contributed by atoms with Crippen LogP contribution in [0.5, 0.6) is 5.75 Å². The Balaban J connectivity index is 1.77. The van der Waals surface area contributed by atoms with Crippen LogP contribution in [0.4, 0.5) is 10.5 Å². The number of hydrazone groups is 1. The van der Waals surface area contributed by atoms with Gasteiger partial charge in [0.2, 0.25) is 0 Å². The van der Waals surface area contributed by atoms with Crippen molar-refractivity contribution in [3.63, 3.8) is 0 Å². The number of carbonyl (C=O) groups is 1. The highest BCUT2D eigenvalue weighted by Gasteiger charge is 2.35. The fourth-order valence-corrected chi connectivity index (χ4v) is 5.55. The van der Waals surface area contributed by atoms with Gasteiger partial charge in [-0.1, -0.05) is 50.2 Å². The number of methoxy groups -OCH3 is 1. The Morgan fingerprint density at radius 3 is 2.79 bits per heavy atom. The van der Waals surface area contributed by atoms with E-state index < -0.39 is 0 Å². The maximum Gasteiger partial charge on any atom is 0.299 e. The van der Waals surface area contributed by atoms with E-state index in [0.717, 1.165) is 47.7 Å². The summed E-state index contributed by atoms with van der Waals surface area (Å²) in [6, 6.07) is 12.2. The first-order valence-corrected chi connectivity index (χ1v) is 12.3. The minimum Gasteiger partial charge on any atom is -0.495 e. The second kappa shape index (κ2) is 9.39. The zero-order valence-electron chi connectivity index (χ0n) is 19.6. The lowest BCUT2D eigenvalue weighted by Gasteiger charge is -2.41. The van der Waals surface area contributed by atoms with Gasteiger partial charge >= 0.3 is 0 Å². The highest BCUT2D eigenvalue weighted by Crippen LogP contribution is 2.42. The molecular weight excluding hydrogens is 456 g/mol. The van der Waals surface area contributed by atoms with Crippen LogP contribution in [0.3, 0.4) is 0 Å². The third-order valence-electron chi connectivity index (χ3n) is 6.34. The highest BCUT2D eigenvalue weighted by atomic mass is 35.5. The molecule has 174 valence electrons. The van der Waals surface area contributed by atoms with Crippen molar-refractivity contribution in [2.45, 2.75) is 44.3 Å². The number of benzene rings is 2. The van der Waals surface area contributed by atoms with Gasteiger partial charge in [0.05, 0.1) is 23.1 Å². The van der Waals surface area contributed by atoms with Crippen LogP contribution in [0.2, 0.25) is 5.02 Å². The molecule has 0 fully saturated rings. The van der Waals surface area contributed by atoms with Gasteiger partial charge in [-0.15, -0.1) is 0 Å². The minimum absolute atomic E-state index is 0.00836. The summed E-state index contributed by atoms with van der Waals surface area (Å²) in [7, 11) is 3.42. The predicted molar refractivity (Wildman–Crippen MR) is 139 cm³/mol. The molecule has 1 N–H and O–H groups in total. The van der Waals surface area contributed by atoms with Gasteiger partial charge in [0.25, 0.3) is 5.24 Å². The van der Waals surface area contributed by atoms with Gasteiger partial charge in [-0.05, 0) is 59.7 Å². The SMILES string of the molecule is CCC1SC(=O)NN=C1c1ccc2c(c1)C(C)(C)CCN2/C(=N\C)c1ccc(OC)c(Cl)c1. The molecule has 0 spiro atoms. The first-order chi connectivity index (χ1) is 15.8. The third-order valence-corrected chi connectivity index (χ3v) is 7.78. The number of anilines is 1. The van der Waals surface area contributed by atoms with E-state index in [1.807, 2.05) is 25.2 Å². The number of amides is 1. The van der Waals surface area contributed by atoms with Gasteiger partial charge in [0, 0.05) is 24.8 Å². The van der Waals surface area contributed by atoms with Crippen molar-refractivity contribution >= 4 is 45.8 Å². The predicted octanol–water partition coefficient (Wildman–Crippen LogP) is 5.85. The van der Waals surface area contributed by atoms with Crippen LogP contribution >= 0.6 is 23.4 Å². The average molecular weight is 485 g/mol. The molecule has 0 aromatic heterocycles. The highest BCUT2D eigenvalue weighted by molar-refractivity contribution is 8.14. The Morgan fingerprint density at radius 2 is 2.12 bits per heavy atom. The number of hydrogen-bond acceptors (Lipinski definition) is 5. The fourth-order valence-electron chi connectivity index (χ4n) is 4.47. The lowest BCUT2D eigenvalue weighted by Crippen LogP contribution is -2.42. The Hall–Kier alpha value is -2.51. The first kappa shape index (κ1) is 23.6. The van der Waals surface area contributed by atoms with E-state index in [-0.39, 0.29) is 15.9 Å². The third kappa shape index (κ3) is 4.49. The van der Waals surface area contributed by atoms with Gasteiger partial charge in [-0.2, -0.15) is 5.10 Å². The van der Waals surface area contributed by atoms with Crippen molar-refractivity contribution in [1.29, 1.82) is 0 Å². The summed E-state index contributed by atoms with van der Waals surface area (Å²) in [5.74, 6) is 1.51. The number of hydrogen-bond donors (Lipinski definition) is 1. The molecule has 2 aromatic rings. The maximum atomic E-state index is 11.8. The number of nitrogens with zero attached hydrogens (tertiary/aromatic N) is 3. The number of thioether (sulfide) groups is 1. The van der Waals surface area contributed by atoms with Gasteiger partial charge < -0.3 is 9.64 Å². The molecular formula is C25H29ClN4O2S. The number of ether oxygens (including phenoxy) is 1. The molecule has 2 aliphatic heterocycles. The summed E-state index contributed by atoms with van der Waals surface area (Å²) in [5.41, 5.74) is 7.90. The van der Waals surface area contributed by atoms with E-state index in [9.17, 15) is 4.79 Å². The number of fused-ring (bicyclic) bond motifs is 1. The molecule has 0 radical (unpaired) electrons. The second-order valence-electron chi connectivity index (χ2n) is 8.83. The van der Waals surface area contributed by atoms with Crippen molar-refractivity contribution in [3.8, 4) is 5.75 Å². The molecule has 1 atom stereocenters. The van der Waals surface area contributed by atoms with E-state index in [4.69, 9.17) is 16.3 Å². The molecule has 4 rings (SSSR count). The zero-order chi connectivity index (χ0) is 23.8. The lowest BCUT2D eigenvalue weighted by atomic mass is 9.76. The molecule has 1 amide bonds. The fraction of sp³-hybridized carbons (Fsp3) is 0.400. The molecule has 2 aromatic carbocycles. The van der Waals surface area contributed by atoms with Gasteiger partial charge in [0.1, 0.15) is 11.6 Å². The summed E-state index contributed by atoms with van der Waals surface area (Å²) in [5, 5.41) is 4.92. The summed E-state index contributed by atoms with van der Waals surface area (Å²) in [6.45, 7) is 7.48. The van der Waals surface area contributed by atoms with E-state index in [0.29, 0.717) is 10.8 Å².